The van der Waals surface area contributed by atoms with Crippen LogP contribution in [0.2, 0.25) is 0 Å². The van der Waals surface area contributed by atoms with E-state index in [4.69, 9.17) is 10.5 Å². The van der Waals surface area contributed by atoms with Gasteiger partial charge in [0.25, 0.3) is 5.91 Å². The number of primary amides is 1. The van der Waals surface area contributed by atoms with Gasteiger partial charge in [0.2, 0.25) is 5.88 Å². The first kappa shape index (κ1) is 13.0. The topological polar surface area (TPSA) is 85.4 Å². The smallest absolute Gasteiger partial charge is 0.252 e. The normalized spacial score (nSPS) is 11.9. The van der Waals surface area contributed by atoms with Crippen LogP contribution >= 0.6 is 0 Å². The molecule has 5 heteroatoms. The van der Waals surface area contributed by atoms with Crippen molar-refractivity contribution in [3.63, 3.8) is 0 Å². The third-order valence-electron chi connectivity index (χ3n) is 2.61. The van der Waals surface area contributed by atoms with Gasteiger partial charge in [0.15, 0.2) is 0 Å². The van der Waals surface area contributed by atoms with Gasteiger partial charge in [-0.25, -0.2) is 4.98 Å². The number of pyridine rings is 1. The fourth-order valence-corrected chi connectivity index (χ4v) is 1.61. The second-order valence-corrected chi connectivity index (χ2v) is 4.07. The summed E-state index contributed by atoms with van der Waals surface area (Å²) >= 11 is 0. The van der Waals surface area contributed by atoms with Crippen LogP contribution in [0.1, 0.15) is 28.9 Å². The molecule has 2 rings (SSSR count). The summed E-state index contributed by atoms with van der Waals surface area (Å²) in [5, 5.41) is 9.50. The van der Waals surface area contributed by atoms with Gasteiger partial charge in [-0.3, -0.25) is 4.79 Å². The maximum atomic E-state index is 11.3. The minimum atomic E-state index is -0.614. The Morgan fingerprint density at radius 1 is 1.37 bits per heavy atom. The van der Waals surface area contributed by atoms with Crippen molar-refractivity contribution >= 4 is 5.91 Å². The average molecular weight is 258 g/mol. The van der Waals surface area contributed by atoms with E-state index in [-0.39, 0.29) is 5.56 Å². The van der Waals surface area contributed by atoms with E-state index in [1.165, 1.54) is 6.20 Å². The summed E-state index contributed by atoms with van der Waals surface area (Å²) in [5.41, 5.74) is 6.23. The number of nitrogens with two attached hydrogens (primary N) is 1. The Kier molecular flexibility index (Phi) is 3.77. The van der Waals surface area contributed by atoms with E-state index in [1.54, 1.807) is 43.3 Å². The predicted octanol–water partition coefficient (Wildman–Crippen LogP) is 2.03. The Balaban J connectivity index is 2.31. The first-order chi connectivity index (χ1) is 9.08. The van der Waals surface area contributed by atoms with Gasteiger partial charge in [0, 0.05) is 12.3 Å². The van der Waals surface area contributed by atoms with Crippen molar-refractivity contribution in [1.29, 1.82) is 0 Å². The summed E-state index contributed by atoms with van der Waals surface area (Å²) in [6.07, 6.45) is 0.918. The third-order valence-corrected chi connectivity index (χ3v) is 2.61. The highest BCUT2D eigenvalue weighted by atomic mass is 16.5. The first-order valence-corrected chi connectivity index (χ1v) is 5.78. The molecule has 1 atom stereocenters. The lowest BCUT2D eigenvalue weighted by Gasteiger charge is -2.10. The molecule has 1 aromatic heterocycles. The van der Waals surface area contributed by atoms with Crippen LogP contribution in [0.15, 0.2) is 42.6 Å². The number of benzene rings is 1. The van der Waals surface area contributed by atoms with Crippen molar-refractivity contribution in [2.45, 2.75) is 13.0 Å². The van der Waals surface area contributed by atoms with Gasteiger partial charge in [0.1, 0.15) is 5.75 Å². The second-order valence-electron chi connectivity index (χ2n) is 4.07. The summed E-state index contributed by atoms with van der Waals surface area (Å²) in [6.45, 7) is 1.65. The van der Waals surface area contributed by atoms with Crippen LogP contribution in [-0.4, -0.2) is 16.0 Å². The molecule has 0 saturated heterocycles. The number of aliphatic hydroxyl groups is 1. The van der Waals surface area contributed by atoms with Crippen molar-refractivity contribution in [3.05, 3.63) is 53.7 Å². The fourth-order valence-electron chi connectivity index (χ4n) is 1.61. The van der Waals surface area contributed by atoms with Gasteiger partial charge in [-0.1, -0.05) is 12.1 Å². The number of aromatic nitrogens is 1. The Morgan fingerprint density at radius 2 is 2.11 bits per heavy atom. The van der Waals surface area contributed by atoms with E-state index in [9.17, 15) is 9.90 Å². The number of para-hydroxylation sites is 1. The first-order valence-electron chi connectivity index (χ1n) is 5.78. The number of hydrogen-bond donors (Lipinski definition) is 2. The number of aliphatic hydroxyl groups excluding tert-OH is 1. The van der Waals surface area contributed by atoms with Crippen molar-refractivity contribution in [1.82, 2.24) is 4.98 Å². The van der Waals surface area contributed by atoms with Gasteiger partial charge in [-0.2, -0.15) is 0 Å². The Bertz CT molecular complexity index is 597. The van der Waals surface area contributed by atoms with Crippen LogP contribution in [0, 0.1) is 0 Å². The van der Waals surface area contributed by atoms with E-state index in [0.29, 0.717) is 17.2 Å². The monoisotopic (exact) mass is 258 g/mol. The number of carbonyl (C=O) groups is 1. The van der Waals surface area contributed by atoms with E-state index in [0.717, 1.165) is 0 Å². The standard InChI is InChI=1S/C14H14N2O3/c1-9(17)10-6-7-16-13(8-10)19-12-5-3-2-4-11(12)14(15)18/h2-9,17H,1H3,(H2,15,18)/t9-/m1/s1. The number of nitrogens with zero attached hydrogens (tertiary/aromatic N) is 1. The van der Waals surface area contributed by atoms with E-state index >= 15 is 0 Å². The lowest BCUT2D eigenvalue weighted by molar-refractivity contribution is 0.0998. The van der Waals surface area contributed by atoms with Crippen molar-refractivity contribution in [2.75, 3.05) is 0 Å². The lowest BCUT2D eigenvalue weighted by atomic mass is 10.2. The zero-order chi connectivity index (χ0) is 13.8. The van der Waals surface area contributed by atoms with Crippen LogP contribution < -0.4 is 10.5 Å². The minimum Gasteiger partial charge on any atom is -0.438 e. The van der Waals surface area contributed by atoms with Crippen LogP contribution in [0.5, 0.6) is 11.6 Å². The minimum absolute atomic E-state index is 0.284. The van der Waals surface area contributed by atoms with Gasteiger partial charge in [-0.05, 0) is 30.7 Å². The summed E-state index contributed by atoms with van der Waals surface area (Å²) in [5.74, 6) is 0.0691. The molecule has 98 valence electrons. The zero-order valence-electron chi connectivity index (χ0n) is 10.4. The Morgan fingerprint density at radius 3 is 2.79 bits per heavy atom. The quantitative estimate of drug-likeness (QED) is 0.878. The van der Waals surface area contributed by atoms with Crippen molar-refractivity contribution in [2.24, 2.45) is 5.73 Å². The van der Waals surface area contributed by atoms with Gasteiger partial charge in [0.05, 0.1) is 11.7 Å². The fraction of sp³-hybridized carbons (Fsp3) is 0.143. The molecule has 0 bridgehead atoms. The molecule has 3 N–H and O–H groups in total. The lowest BCUT2D eigenvalue weighted by Crippen LogP contribution is -2.12. The highest BCUT2D eigenvalue weighted by Gasteiger charge is 2.10. The molecule has 19 heavy (non-hydrogen) atoms. The maximum Gasteiger partial charge on any atom is 0.252 e. The molecule has 1 heterocycles. The van der Waals surface area contributed by atoms with Gasteiger partial charge >= 0.3 is 0 Å². The van der Waals surface area contributed by atoms with Gasteiger partial charge in [-0.15, -0.1) is 0 Å². The zero-order valence-corrected chi connectivity index (χ0v) is 10.4. The molecular weight excluding hydrogens is 244 g/mol. The number of hydrogen-bond acceptors (Lipinski definition) is 4. The number of ether oxygens (including phenoxy) is 1. The number of amides is 1. The third kappa shape index (κ3) is 3.08. The Labute approximate surface area is 110 Å². The van der Waals surface area contributed by atoms with E-state index < -0.39 is 12.0 Å². The molecule has 0 aliphatic heterocycles. The van der Waals surface area contributed by atoms with E-state index in [2.05, 4.69) is 4.98 Å². The molecule has 0 unspecified atom stereocenters. The summed E-state index contributed by atoms with van der Waals surface area (Å²) in [6, 6.07) is 9.96. The molecule has 0 fully saturated rings. The summed E-state index contributed by atoms with van der Waals surface area (Å²) in [4.78, 5) is 15.3. The summed E-state index contributed by atoms with van der Waals surface area (Å²) in [7, 11) is 0. The molecule has 0 aliphatic rings. The molecule has 5 nitrogen and oxygen atoms in total. The molecule has 0 spiro atoms. The molecular formula is C14H14N2O3. The van der Waals surface area contributed by atoms with Crippen LogP contribution in [0.25, 0.3) is 0 Å². The van der Waals surface area contributed by atoms with Crippen LogP contribution in [0.3, 0.4) is 0 Å². The molecule has 1 amide bonds. The van der Waals surface area contributed by atoms with E-state index in [1.807, 2.05) is 0 Å². The molecule has 0 aliphatic carbocycles. The SMILES string of the molecule is C[C@@H](O)c1ccnc(Oc2ccccc2C(N)=O)c1. The highest BCUT2D eigenvalue weighted by molar-refractivity contribution is 5.95. The number of carbonyl (C=O) groups excluding carboxylic acids is 1. The Hall–Kier alpha value is -2.40. The second kappa shape index (κ2) is 5.49. The summed E-state index contributed by atoms with van der Waals surface area (Å²) < 4.78 is 5.54. The molecule has 0 saturated carbocycles. The van der Waals surface area contributed by atoms with Gasteiger partial charge < -0.3 is 15.6 Å². The largest absolute Gasteiger partial charge is 0.438 e. The molecule has 2 aromatic rings. The maximum absolute atomic E-state index is 11.3. The molecule has 1 aromatic carbocycles. The van der Waals surface area contributed by atoms with Crippen molar-refractivity contribution < 1.29 is 14.6 Å². The predicted molar refractivity (Wildman–Crippen MR) is 69.9 cm³/mol. The van der Waals surface area contributed by atoms with Crippen molar-refractivity contribution in [3.8, 4) is 11.6 Å². The number of rotatable bonds is 4. The highest BCUT2D eigenvalue weighted by Crippen LogP contribution is 2.25. The van der Waals surface area contributed by atoms with Crippen LogP contribution in [0.4, 0.5) is 0 Å². The average Bonchev–Trinajstić information content (AvgIpc) is 2.39. The van der Waals surface area contributed by atoms with Crippen LogP contribution in [-0.2, 0) is 0 Å². The molecule has 0 radical (unpaired) electrons.